The number of nitrogens with two attached hydrogens (primary N) is 1. The van der Waals surface area contributed by atoms with Gasteiger partial charge in [-0.3, -0.25) is 4.98 Å². The van der Waals surface area contributed by atoms with Crippen molar-refractivity contribution in [1.29, 1.82) is 0 Å². The van der Waals surface area contributed by atoms with Gasteiger partial charge < -0.3 is 10.5 Å². The summed E-state index contributed by atoms with van der Waals surface area (Å²) < 4.78 is 5.55. The second kappa shape index (κ2) is 4.49. The first kappa shape index (κ1) is 10.9. The minimum absolute atomic E-state index is 0.00220. The molecule has 0 aliphatic heterocycles. The monoisotopic (exact) mass is 216 g/mol. The number of nitrogens with zero attached hydrogens (tertiary/aromatic N) is 1. The Morgan fingerprint density at radius 1 is 1.38 bits per heavy atom. The average Bonchev–Trinajstić information content (AvgIpc) is 2.29. The minimum Gasteiger partial charge on any atom is -0.492 e. The predicted octanol–water partition coefficient (Wildman–Crippen LogP) is 2.65. The second-order valence-corrected chi connectivity index (χ2v) is 3.77. The summed E-state index contributed by atoms with van der Waals surface area (Å²) in [5.41, 5.74) is 7.93. The highest BCUT2D eigenvalue weighted by atomic mass is 16.5. The highest BCUT2D eigenvalue weighted by Crippen LogP contribution is 2.29. The molecule has 0 aliphatic carbocycles. The molecule has 1 aromatic carbocycles. The number of benzene rings is 1. The molecule has 2 aromatic rings. The molecule has 0 radical (unpaired) electrons. The van der Waals surface area contributed by atoms with E-state index >= 15 is 0 Å². The Bertz CT molecular complexity index is 494. The average molecular weight is 216 g/mol. The van der Waals surface area contributed by atoms with E-state index in [2.05, 4.69) is 4.98 Å². The van der Waals surface area contributed by atoms with Crippen LogP contribution in [0.3, 0.4) is 0 Å². The third-order valence-electron chi connectivity index (χ3n) is 2.56. The summed E-state index contributed by atoms with van der Waals surface area (Å²) in [6, 6.07) is 7.91. The third kappa shape index (κ3) is 1.86. The predicted molar refractivity (Wildman–Crippen MR) is 65.5 cm³/mol. The molecule has 1 aromatic heterocycles. The molecule has 0 spiro atoms. The van der Waals surface area contributed by atoms with Crippen LogP contribution in [0.2, 0.25) is 0 Å². The third-order valence-corrected chi connectivity index (χ3v) is 2.56. The first-order valence-corrected chi connectivity index (χ1v) is 5.50. The number of hydrogen-bond donors (Lipinski definition) is 1. The number of hydrogen-bond acceptors (Lipinski definition) is 3. The van der Waals surface area contributed by atoms with Crippen LogP contribution >= 0.6 is 0 Å². The number of ether oxygens (including phenoxy) is 1. The second-order valence-electron chi connectivity index (χ2n) is 3.77. The SMILES string of the molecule is CCOc1ccc(C(C)N)c2cccnc12. The van der Waals surface area contributed by atoms with Gasteiger partial charge in [0.15, 0.2) is 0 Å². The molecule has 0 saturated heterocycles. The maximum Gasteiger partial charge on any atom is 0.145 e. The highest BCUT2D eigenvalue weighted by Gasteiger charge is 2.09. The normalized spacial score (nSPS) is 12.7. The zero-order valence-corrected chi connectivity index (χ0v) is 9.60. The number of aromatic nitrogens is 1. The number of fused-ring (bicyclic) bond motifs is 1. The van der Waals surface area contributed by atoms with Gasteiger partial charge in [0.25, 0.3) is 0 Å². The molecule has 84 valence electrons. The van der Waals surface area contributed by atoms with Crippen LogP contribution in [0.25, 0.3) is 10.9 Å². The lowest BCUT2D eigenvalue weighted by molar-refractivity contribution is 0.343. The van der Waals surface area contributed by atoms with E-state index in [-0.39, 0.29) is 6.04 Å². The summed E-state index contributed by atoms with van der Waals surface area (Å²) in [5.74, 6) is 0.822. The van der Waals surface area contributed by atoms with E-state index in [9.17, 15) is 0 Å². The molecule has 0 aliphatic rings. The molecule has 0 bridgehead atoms. The maximum atomic E-state index is 5.94. The summed E-state index contributed by atoms with van der Waals surface area (Å²) in [5, 5.41) is 1.07. The van der Waals surface area contributed by atoms with Crippen molar-refractivity contribution in [1.82, 2.24) is 4.98 Å². The van der Waals surface area contributed by atoms with Gasteiger partial charge in [0.2, 0.25) is 0 Å². The van der Waals surface area contributed by atoms with Crippen molar-refractivity contribution in [3.63, 3.8) is 0 Å². The maximum absolute atomic E-state index is 5.94. The first-order valence-electron chi connectivity index (χ1n) is 5.50. The van der Waals surface area contributed by atoms with Gasteiger partial charge in [0.1, 0.15) is 11.3 Å². The Morgan fingerprint density at radius 2 is 2.19 bits per heavy atom. The largest absolute Gasteiger partial charge is 0.492 e. The van der Waals surface area contributed by atoms with Crippen LogP contribution in [0.1, 0.15) is 25.5 Å². The van der Waals surface area contributed by atoms with Gasteiger partial charge in [-0.05, 0) is 31.5 Å². The van der Waals surface area contributed by atoms with Crippen LogP contribution in [0.5, 0.6) is 5.75 Å². The van der Waals surface area contributed by atoms with Crippen LogP contribution in [-0.4, -0.2) is 11.6 Å². The summed E-state index contributed by atoms with van der Waals surface area (Å²) in [6.07, 6.45) is 1.77. The molecule has 3 nitrogen and oxygen atoms in total. The van der Waals surface area contributed by atoms with Crippen LogP contribution in [0.4, 0.5) is 0 Å². The Morgan fingerprint density at radius 3 is 2.88 bits per heavy atom. The smallest absolute Gasteiger partial charge is 0.145 e. The summed E-state index contributed by atoms with van der Waals surface area (Å²) in [6.45, 7) is 4.58. The quantitative estimate of drug-likeness (QED) is 0.858. The molecule has 16 heavy (non-hydrogen) atoms. The van der Waals surface area contributed by atoms with Crippen LogP contribution < -0.4 is 10.5 Å². The summed E-state index contributed by atoms with van der Waals surface area (Å²) >= 11 is 0. The van der Waals surface area contributed by atoms with E-state index in [0.717, 1.165) is 22.2 Å². The Labute approximate surface area is 95.2 Å². The van der Waals surface area contributed by atoms with Crippen LogP contribution in [-0.2, 0) is 0 Å². The van der Waals surface area contributed by atoms with Crippen molar-refractivity contribution in [2.75, 3.05) is 6.61 Å². The molecular formula is C13H16N2O. The van der Waals surface area contributed by atoms with E-state index in [1.807, 2.05) is 38.1 Å². The standard InChI is InChI=1S/C13H16N2O/c1-3-16-12-7-6-10(9(2)14)11-5-4-8-15-13(11)12/h4-9H,3,14H2,1-2H3. The van der Waals surface area contributed by atoms with Crippen LogP contribution in [0, 0.1) is 0 Å². The molecule has 0 fully saturated rings. The molecule has 0 amide bonds. The van der Waals surface area contributed by atoms with Crippen molar-refractivity contribution in [2.45, 2.75) is 19.9 Å². The minimum atomic E-state index is 0.00220. The van der Waals surface area contributed by atoms with Crippen molar-refractivity contribution >= 4 is 10.9 Å². The molecule has 1 atom stereocenters. The molecule has 2 N–H and O–H groups in total. The highest BCUT2D eigenvalue weighted by molar-refractivity contribution is 5.87. The van der Waals surface area contributed by atoms with Crippen molar-refractivity contribution < 1.29 is 4.74 Å². The van der Waals surface area contributed by atoms with Gasteiger partial charge in [-0.25, -0.2) is 0 Å². The van der Waals surface area contributed by atoms with Crippen molar-refractivity contribution in [3.05, 3.63) is 36.0 Å². The summed E-state index contributed by atoms with van der Waals surface area (Å²) in [4.78, 5) is 4.36. The molecule has 1 heterocycles. The molecular weight excluding hydrogens is 200 g/mol. The lowest BCUT2D eigenvalue weighted by atomic mass is 10.0. The van der Waals surface area contributed by atoms with Gasteiger partial charge in [0.05, 0.1) is 6.61 Å². The van der Waals surface area contributed by atoms with E-state index in [1.54, 1.807) is 6.20 Å². The lowest BCUT2D eigenvalue weighted by Gasteiger charge is -2.12. The summed E-state index contributed by atoms with van der Waals surface area (Å²) in [7, 11) is 0. The lowest BCUT2D eigenvalue weighted by Crippen LogP contribution is -2.06. The topological polar surface area (TPSA) is 48.1 Å². The van der Waals surface area contributed by atoms with Crippen LogP contribution in [0.15, 0.2) is 30.5 Å². The Kier molecular flexibility index (Phi) is 3.06. The zero-order valence-electron chi connectivity index (χ0n) is 9.60. The van der Waals surface area contributed by atoms with E-state index < -0.39 is 0 Å². The van der Waals surface area contributed by atoms with Gasteiger partial charge in [-0.1, -0.05) is 12.1 Å². The molecule has 2 rings (SSSR count). The van der Waals surface area contributed by atoms with E-state index in [0.29, 0.717) is 6.61 Å². The van der Waals surface area contributed by atoms with Gasteiger partial charge in [-0.15, -0.1) is 0 Å². The van der Waals surface area contributed by atoms with Gasteiger partial charge in [0, 0.05) is 17.6 Å². The van der Waals surface area contributed by atoms with Crippen molar-refractivity contribution in [2.24, 2.45) is 5.73 Å². The van der Waals surface area contributed by atoms with Gasteiger partial charge >= 0.3 is 0 Å². The Balaban J connectivity index is 2.67. The molecule has 0 saturated carbocycles. The van der Waals surface area contributed by atoms with E-state index in [1.165, 1.54) is 0 Å². The fourth-order valence-corrected chi connectivity index (χ4v) is 1.84. The molecule has 3 heteroatoms. The van der Waals surface area contributed by atoms with Gasteiger partial charge in [-0.2, -0.15) is 0 Å². The van der Waals surface area contributed by atoms with Crippen molar-refractivity contribution in [3.8, 4) is 5.75 Å². The number of pyridine rings is 1. The fraction of sp³-hybridized carbons (Fsp3) is 0.308. The first-order chi connectivity index (χ1) is 7.74. The fourth-order valence-electron chi connectivity index (χ4n) is 1.84. The van der Waals surface area contributed by atoms with E-state index in [4.69, 9.17) is 10.5 Å². The Hall–Kier alpha value is -1.61. The zero-order chi connectivity index (χ0) is 11.5. The number of rotatable bonds is 3. The molecule has 1 unspecified atom stereocenters.